The van der Waals surface area contributed by atoms with Gasteiger partial charge in [0.15, 0.2) is 0 Å². The quantitative estimate of drug-likeness (QED) is 0.887. The molecule has 0 aromatic carbocycles. The summed E-state index contributed by atoms with van der Waals surface area (Å²) in [7, 11) is 0. The summed E-state index contributed by atoms with van der Waals surface area (Å²) in [4.78, 5) is 0. The third-order valence-corrected chi connectivity index (χ3v) is 2.99. The Morgan fingerprint density at radius 1 is 1.32 bits per heavy atom. The number of nitrogens with one attached hydrogen (secondary N) is 1. The minimum atomic E-state index is 0. The van der Waals surface area contributed by atoms with E-state index in [4.69, 9.17) is 0 Å². The largest absolute Gasteiger partial charge is 0.363 e. The van der Waals surface area contributed by atoms with Gasteiger partial charge >= 0.3 is 0 Å². The first-order chi connectivity index (χ1) is 8.74. The van der Waals surface area contributed by atoms with Crippen molar-refractivity contribution in [1.82, 2.24) is 19.6 Å². The molecule has 0 amide bonds. The van der Waals surface area contributed by atoms with Gasteiger partial charge in [0.1, 0.15) is 5.82 Å². The lowest BCUT2D eigenvalue weighted by Gasteiger charge is -2.07. The number of halogens is 1. The molecule has 2 aromatic rings. The molecular weight excluding hydrogens is 262 g/mol. The Morgan fingerprint density at radius 2 is 2.11 bits per heavy atom. The van der Waals surface area contributed by atoms with E-state index >= 15 is 0 Å². The first-order valence-corrected chi connectivity index (χ1v) is 6.53. The van der Waals surface area contributed by atoms with Gasteiger partial charge in [-0.05, 0) is 25.8 Å². The van der Waals surface area contributed by atoms with Gasteiger partial charge in [-0.25, -0.2) is 0 Å². The van der Waals surface area contributed by atoms with Crippen molar-refractivity contribution in [2.75, 3.05) is 5.32 Å². The molecule has 1 N–H and O–H groups in total. The van der Waals surface area contributed by atoms with E-state index in [1.165, 1.54) is 11.3 Å². The molecule has 0 fully saturated rings. The fraction of sp³-hybridized carbons (Fsp3) is 0.538. The minimum Gasteiger partial charge on any atom is -0.363 e. The van der Waals surface area contributed by atoms with Crippen molar-refractivity contribution >= 4 is 18.2 Å². The highest BCUT2D eigenvalue weighted by atomic mass is 35.5. The van der Waals surface area contributed by atoms with Gasteiger partial charge in [0, 0.05) is 25.4 Å². The molecule has 0 radical (unpaired) electrons. The zero-order chi connectivity index (χ0) is 13.0. The lowest BCUT2D eigenvalue weighted by molar-refractivity contribution is 0.602. The molecule has 0 aliphatic rings. The van der Waals surface area contributed by atoms with Crippen LogP contribution in [0.2, 0.25) is 0 Å². The molecule has 2 heterocycles. The van der Waals surface area contributed by atoms with Gasteiger partial charge in [0.25, 0.3) is 0 Å². The Hall–Kier alpha value is -1.49. The molecule has 0 spiro atoms. The Labute approximate surface area is 120 Å². The van der Waals surface area contributed by atoms with Crippen molar-refractivity contribution in [3.8, 4) is 0 Å². The predicted octanol–water partition coefficient (Wildman–Crippen LogP) is 2.85. The van der Waals surface area contributed by atoms with Crippen LogP contribution < -0.4 is 5.32 Å². The fourth-order valence-corrected chi connectivity index (χ4v) is 1.99. The first-order valence-electron chi connectivity index (χ1n) is 6.53. The molecule has 2 rings (SSSR count). The van der Waals surface area contributed by atoms with Crippen LogP contribution in [0.3, 0.4) is 0 Å². The van der Waals surface area contributed by atoms with E-state index in [2.05, 4.69) is 36.3 Å². The molecule has 0 saturated heterocycles. The van der Waals surface area contributed by atoms with Crippen molar-refractivity contribution in [3.63, 3.8) is 0 Å². The summed E-state index contributed by atoms with van der Waals surface area (Å²) in [6.07, 6.45) is 5.02. The highest BCUT2D eigenvalue weighted by Gasteiger charge is 2.06. The number of aryl methyl sites for hydroxylation is 3. The van der Waals surface area contributed by atoms with Crippen molar-refractivity contribution in [3.05, 3.63) is 29.7 Å². The number of hydrogen-bond acceptors (Lipinski definition) is 3. The molecule has 106 valence electrons. The number of hydrogen-bond donors (Lipinski definition) is 1. The highest BCUT2D eigenvalue weighted by molar-refractivity contribution is 5.85. The van der Waals surface area contributed by atoms with Gasteiger partial charge < -0.3 is 5.32 Å². The zero-order valence-electron chi connectivity index (χ0n) is 11.8. The summed E-state index contributed by atoms with van der Waals surface area (Å²) in [6.45, 7) is 8.97. The molecule has 19 heavy (non-hydrogen) atoms. The van der Waals surface area contributed by atoms with Crippen molar-refractivity contribution < 1.29 is 0 Å². The molecule has 0 bridgehead atoms. The molecule has 0 atom stereocenters. The lowest BCUT2D eigenvalue weighted by atomic mass is 10.3. The van der Waals surface area contributed by atoms with Crippen LogP contribution in [-0.4, -0.2) is 19.6 Å². The number of rotatable bonds is 6. The van der Waals surface area contributed by atoms with Crippen LogP contribution >= 0.6 is 12.4 Å². The first kappa shape index (κ1) is 15.6. The zero-order valence-corrected chi connectivity index (χ0v) is 12.6. The molecular formula is C13H22ClN5. The van der Waals surface area contributed by atoms with Crippen molar-refractivity contribution in [2.45, 2.75) is 46.8 Å². The van der Waals surface area contributed by atoms with Gasteiger partial charge in [-0.3, -0.25) is 9.36 Å². The summed E-state index contributed by atoms with van der Waals surface area (Å²) in [6, 6.07) is 2.01. The van der Waals surface area contributed by atoms with Gasteiger partial charge in [-0.15, -0.1) is 12.4 Å². The second-order valence-corrected chi connectivity index (χ2v) is 4.41. The second-order valence-electron chi connectivity index (χ2n) is 4.41. The van der Waals surface area contributed by atoms with Crippen LogP contribution in [0.5, 0.6) is 0 Å². The average Bonchev–Trinajstić information content (AvgIpc) is 2.94. The number of aromatic nitrogens is 4. The minimum absolute atomic E-state index is 0. The van der Waals surface area contributed by atoms with E-state index < -0.39 is 0 Å². The number of nitrogens with zero attached hydrogens (tertiary/aromatic N) is 4. The molecule has 0 aliphatic heterocycles. The van der Waals surface area contributed by atoms with Crippen LogP contribution in [0, 0.1) is 6.92 Å². The highest BCUT2D eigenvalue weighted by Crippen LogP contribution is 2.10. The second kappa shape index (κ2) is 7.19. The van der Waals surface area contributed by atoms with Gasteiger partial charge in [-0.1, -0.05) is 6.92 Å². The molecule has 0 saturated carbocycles. The summed E-state index contributed by atoms with van der Waals surface area (Å²) < 4.78 is 3.98. The average molecular weight is 284 g/mol. The molecule has 5 nitrogen and oxygen atoms in total. The van der Waals surface area contributed by atoms with Crippen LogP contribution in [0.4, 0.5) is 5.82 Å². The van der Waals surface area contributed by atoms with E-state index in [0.717, 1.165) is 31.9 Å². The summed E-state index contributed by atoms with van der Waals surface area (Å²) >= 11 is 0. The fourth-order valence-electron chi connectivity index (χ4n) is 1.99. The predicted molar refractivity (Wildman–Crippen MR) is 79.7 cm³/mol. The molecule has 2 aromatic heterocycles. The maximum atomic E-state index is 4.46. The smallest absolute Gasteiger partial charge is 0.148 e. The van der Waals surface area contributed by atoms with Gasteiger partial charge in [-0.2, -0.15) is 10.2 Å². The van der Waals surface area contributed by atoms with E-state index in [9.17, 15) is 0 Å². The third kappa shape index (κ3) is 3.73. The number of anilines is 1. The van der Waals surface area contributed by atoms with Gasteiger partial charge in [0.2, 0.25) is 0 Å². The normalized spacial score (nSPS) is 10.3. The van der Waals surface area contributed by atoms with Crippen LogP contribution in [0.1, 0.15) is 31.5 Å². The summed E-state index contributed by atoms with van der Waals surface area (Å²) in [5.74, 6) is 0.923. The maximum absolute atomic E-state index is 4.46. The summed E-state index contributed by atoms with van der Waals surface area (Å²) in [5.41, 5.74) is 2.44. The van der Waals surface area contributed by atoms with E-state index in [0.29, 0.717) is 0 Å². The van der Waals surface area contributed by atoms with Crippen LogP contribution in [0.15, 0.2) is 18.5 Å². The summed E-state index contributed by atoms with van der Waals surface area (Å²) in [5, 5.41) is 12.1. The molecule has 0 unspecified atom stereocenters. The lowest BCUT2D eigenvalue weighted by Crippen LogP contribution is -2.09. The Bertz CT molecular complexity index is 503. The van der Waals surface area contributed by atoms with E-state index in [-0.39, 0.29) is 12.4 Å². The van der Waals surface area contributed by atoms with Crippen molar-refractivity contribution in [1.29, 1.82) is 0 Å². The standard InChI is InChI=1S/C13H21N5.ClH/c1-4-7-17-8-6-13(16-17)14-10-12-11(3)9-15-18(12)5-2;/h6,8-9H,4-5,7,10H2,1-3H3,(H,14,16);1H. The SMILES string of the molecule is CCCn1ccc(NCc2c(C)cnn2CC)n1.Cl. The Balaban J connectivity index is 0.00000180. The molecule has 0 aliphatic carbocycles. The Kier molecular flexibility index (Phi) is 5.89. The molecule has 6 heteroatoms. The van der Waals surface area contributed by atoms with E-state index in [1.807, 2.05) is 27.8 Å². The van der Waals surface area contributed by atoms with Crippen LogP contribution in [-0.2, 0) is 19.6 Å². The Morgan fingerprint density at radius 3 is 2.79 bits per heavy atom. The van der Waals surface area contributed by atoms with E-state index in [1.54, 1.807) is 0 Å². The topological polar surface area (TPSA) is 47.7 Å². The van der Waals surface area contributed by atoms with Crippen molar-refractivity contribution in [2.24, 2.45) is 0 Å². The van der Waals surface area contributed by atoms with Gasteiger partial charge in [0.05, 0.1) is 18.4 Å². The maximum Gasteiger partial charge on any atom is 0.148 e. The van der Waals surface area contributed by atoms with Crippen LogP contribution in [0.25, 0.3) is 0 Å². The third-order valence-electron chi connectivity index (χ3n) is 2.99. The monoisotopic (exact) mass is 283 g/mol.